The summed E-state index contributed by atoms with van der Waals surface area (Å²) in [5.74, 6) is 1.65. The molecule has 4 heteroatoms. The van der Waals surface area contributed by atoms with Crippen molar-refractivity contribution in [3.63, 3.8) is 0 Å². The zero-order chi connectivity index (χ0) is 13.7. The second-order valence-electron chi connectivity index (χ2n) is 5.22. The highest BCUT2D eigenvalue weighted by Crippen LogP contribution is 2.30. The molecule has 1 aliphatic carbocycles. The minimum Gasteiger partial charge on any atom is -0.508 e. The normalized spacial score (nSPS) is 23.0. The van der Waals surface area contributed by atoms with Crippen LogP contribution >= 0.6 is 11.6 Å². The summed E-state index contributed by atoms with van der Waals surface area (Å²) < 4.78 is 0. The Labute approximate surface area is 119 Å². The molecular formula is C15H20ClNO2. The van der Waals surface area contributed by atoms with Gasteiger partial charge in [-0.15, -0.1) is 11.6 Å². The van der Waals surface area contributed by atoms with E-state index in [2.05, 4.69) is 5.32 Å². The number of phenolic OH excluding ortho intramolecular Hbond substituents is 1. The number of halogens is 1. The summed E-state index contributed by atoms with van der Waals surface area (Å²) in [5.41, 5.74) is 0.498. The van der Waals surface area contributed by atoms with E-state index in [9.17, 15) is 9.90 Å². The number of hydrogen-bond donors (Lipinski definition) is 2. The Morgan fingerprint density at radius 3 is 2.74 bits per heavy atom. The Morgan fingerprint density at radius 1 is 1.32 bits per heavy atom. The van der Waals surface area contributed by atoms with E-state index >= 15 is 0 Å². The lowest BCUT2D eigenvalue weighted by atomic mass is 9.80. The minimum atomic E-state index is -0.130. The summed E-state index contributed by atoms with van der Waals surface area (Å²) in [6, 6.07) is 6.41. The van der Waals surface area contributed by atoms with Gasteiger partial charge >= 0.3 is 0 Å². The number of carbonyl (C=O) groups is 1. The van der Waals surface area contributed by atoms with Gasteiger partial charge in [-0.25, -0.2) is 0 Å². The van der Waals surface area contributed by atoms with E-state index in [4.69, 9.17) is 11.6 Å². The van der Waals surface area contributed by atoms with Crippen LogP contribution in [0.4, 0.5) is 0 Å². The third-order valence-electron chi connectivity index (χ3n) is 3.90. The fraction of sp³-hybridized carbons (Fsp3) is 0.533. The first kappa shape index (κ1) is 14.2. The van der Waals surface area contributed by atoms with Gasteiger partial charge in [0, 0.05) is 18.0 Å². The maximum absolute atomic E-state index is 12.0. The van der Waals surface area contributed by atoms with Crippen molar-refractivity contribution in [2.24, 2.45) is 11.8 Å². The molecule has 1 saturated carbocycles. The molecule has 2 rings (SSSR count). The van der Waals surface area contributed by atoms with Crippen molar-refractivity contribution >= 4 is 17.5 Å². The van der Waals surface area contributed by atoms with Crippen LogP contribution in [-0.2, 0) is 0 Å². The van der Waals surface area contributed by atoms with Crippen molar-refractivity contribution in [1.82, 2.24) is 5.32 Å². The average molecular weight is 282 g/mol. The molecular weight excluding hydrogens is 262 g/mol. The molecule has 2 N–H and O–H groups in total. The van der Waals surface area contributed by atoms with Crippen LogP contribution in [0.3, 0.4) is 0 Å². The summed E-state index contributed by atoms with van der Waals surface area (Å²) >= 11 is 5.98. The van der Waals surface area contributed by atoms with Crippen molar-refractivity contribution in [2.75, 3.05) is 12.4 Å². The molecule has 0 spiro atoms. The number of hydrogen-bond acceptors (Lipinski definition) is 2. The van der Waals surface area contributed by atoms with Gasteiger partial charge in [0.15, 0.2) is 0 Å². The summed E-state index contributed by atoms with van der Waals surface area (Å²) in [7, 11) is 0. The van der Waals surface area contributed by atoms with Crippen LogP contribution in [-0.4, -0.2) is 23.4 Å². The van der Waals surface area contributed by atoms with Crippen LogP contribution in [0, 0.1) is 11.8 Å². The molecule has 1 aromatic rings. The van der Waals surface area contributed by atoms with Crippen LogP contribution in [0.25, 0.3) is 0 Å². The second-order valence-corrected chi connectivity index (χ2v) is 5.53. The Morgan fingerprint density at radius 2 is 2.05 bits per heavy atom. The van der Waals surface area contributed by atoms with Crippen LogP contribution < -0.4 is 5.32 Å². The molecule has 19 heavy (non-hydrogen) atoms. The van der Waals surface area contributed by atoms with Crippen molar-refractivity contribution in [3.05, 3.63) is 29.8 Å². The molecule has 0 aromatic heterocycles. The van der Waals surface area contributed by atoms with Crippen LogP contribution in [0.15, 0.2) is 24.3 Å². The highest BCUT2D eigenvalue weighted by atomic mass is 35.5. The van der Waals surface area contributed by atoms with Gasteiger partial charge in [0.2, 0.25) is 0 Å². The molecule has 1 aliphatic rings. The molecule has 0 saturated heterocycles. The maximum atomic E-state index is 12.0. The number of carbonyl (C=O) groups excluding carboxylic acids is 1. The SMILES string of the molecule is O=C(NCC1CCCCC1CCl)c1cccc(O)c1. The number of alkyl halides is 1. The predicted octanol–water partition coefficient (Wildman–Crippen LogP) is 3.17. The molecule has 3 nitrogen and oxygen atoms in total. The number of aromatic hydroxyl groups is 1. The van der Waals surface area contributed by atoms with Gasteiger partial charge in [0.25, 0.3) is 5.91 Å². The smallest absolute Gasteiger partial charge is 0.251 e. The van der Waals surface area contributed by atoms with E-state index < -0.39 is 0 Å². The Balaban J connectivity index is 1.89. The topological polar surface area (TPSA) is 49.3 Å². The quantitative estimate of drug-likeness (QED) is 0.833. The number of nitrogens with one attached hydrogen (secondary N) is 1. The predicted molar refractivity (Wildman–Crippen MR) is 76.6 cm³/mol. The fourth-order valence-electron chi connectivity index (χ4n) is 2.73. The standard InChI is InChI=1S/C15H20ClNO2/c16-9-12-4-1-2-5-13(12)10-17-15(19)11-6-3-7-14(18)8-11/h3,6-8,12-13,18H,1-2,4-5,9-10H2,(H,17,19). The zero-order valence-electron chi connectivity index (χ0n) is 10.9. The molecule has 0 bridgehead atoms. The lowest BCUT2D eigenvalue weighted by molar-refractivity contribution is 0.0936. The van der Waals surface area contributed by atoms with Gasteiger partial charge < -0.3 is 10.4 Å². The summed E-state index contributed by atoms with van der Waals surface area (Å²) in [5, 5.41) is 12.3. The van der Waals surface area contributed by atoms with Gasteiger partial charge in [0.05, 0.1) is 0 Å². The largest absolute Gasteiger partial charge is 0.508 e. The number of benzene rings is 1. The molecule has 2 unspecified atom stereocenters. The molecule has 1 fully saturated rings. The molecule has 1 amide bonds. The van der Waals surface area contributed by atoms with Crippen LogP contribution in [0.2, 0.25) is 0 Å². The molecule has 0 radical (unpaired) electrons. The van der Waals surface area contributed by atoms with Crippen molar-refractivity contribution < 1.29 is 9.90 Å². The lowest BCUT2D eigenvalue weighted by Crippen LogP contribution is -2.34. The van der Waals surface area contributed by atoms with Crippen LogP contribution in [0.5, 0.6) is 5.75 Å². The fourth-order valence-corrected chi connectivity index (χ4v) is 3.14. The first-order valence-electron chi connectivity index (χ1n) is 6.84. The van der Waals surface area contributed by atoms with E-state index in [1.54, 1.807) is 18.2 Å². The second kappa shape index (κ2) is 6.80. The van der Waals surface area contributed by atoms with Crippen LogP contribution in [0.1, 0.15) is 36.0 Å². The average Bonchev–Trinajstić information content (AvgIpc) is 2.45. The van der Waals surface area contributed by atoms with E-state index in [-0.39, 0.29) is 11.7 Å². The Kier molecular flexibility index (Phi) is 5.08. The summed E-state index contributed by atoms with van der Waals surface area (Å²) in [6.45, 7) is 0.672. The third-order valence-corrected chi connectivity index (χ3v) is 4.29. The highest BCUT2D eigenvalue weighted by molar-refractivity contribution is 6.18. The maximum Gasteiger partial charge on any atom is 0.251 e. The Hall–Kier alpha value is -1.22. The van der Waals surface area contributed by atoms with Gasteiger partial charge in [-0.1, -0.05) is 18.9 Å². The van der Waals surface area contributed by atoms with Gasteiger partial charge in [0.1, 0.15) is 5.75 Å². The number of rotatable bonds is 4. The van der Waals surface area contributed by atoms with E-state index in [1.165, 1.54) is 18.9 Å². The van der Waals surface area contributed by atoms with Crippen molar-refractivity contribution in [3.8, 4) is 5.75 Å². The lowest BCUT2D eigenvalue weighted by Gasteiger charge is -2.30. The van der Waals surface area contributed by atoms with E-state index in [1.807, 2.05) is 0 Å². The molecule has 0 heterocycles. The van der Waals surface area contributed by atoms with E-state index in [0.717, 1.165) is 12.8 Å². The minimum absolute atomic E-state index is 0.115. The third kappa shape index (κ3) is 3.87. The molecule has 104 valence electrons. The van der Waals surface area contributed by atoms with Gasteiger partial charge in [-0.05, 0) is 42.9 Å². The zero-order valence-corrected chi connectivity index (χ0v) is 11.7. The Bertz CT molecular complexity index is 436. The first-order valence-corrected chi connectivity index (χ1v) is 7.37. The highest BCUT2D eigenvalue weighted by Gasteiger charge is 2.24. The van der Waals surface area contributed by atoms with Gasteiger partial charge in [-0.3, -0.25) is 4.79 Å². The number of amides is 1. The molecule has 2 atom stereocenters. The summed E-state index contributed by atoms with van der Waals surface area (Å²) in [4.78, 5) is 12.0. The first-order chi connectivity index (χ1) is 9.20. The number of phenols is 1. The van der Waals surface area contributed by atoms with E-state index in [0.29, 0.717) is 29.8 Å². The summed E-state index contributed by atoms with van der Waals surface area (Å²) in [6.07, 6.45) is 4.77. The monoisotopic (exact) mass is 281 g/mol. The van der Waals surface area contributed by atoms with Gasteiger partial charge in [-0.2, -0.15) is 0 Å². The molecule has 0 aliphatic heterocycles. The molecule has 1 aromatic carbocycles. The van der Waals surface area contributed by atoms with Crippen molar-refractivity contribution in [1.29, 1.82) is 0 Å². The van der Waals surface area contributed by atoms with Crippen molar-refractivity contribution in [2.45, 2.75) is 25.7 Å².